The topological polar surface area (TPSA) is 73.7 Å². The first-order valence-corrected chi connectivity index (χ1v) is 7.63. The van der Waals surface area contributed by atoms with Gasteiger partial charge in [0.25, 0.3) is 5.91 Å². The Kier molecular flexibility index (Phi) is 6.24. The summed E-state index contributed by atoms with van der Waals surface area (Å²) >= 11 is 0. The molecule has 0 fully saturated rings. The van der Waals surface area contributed by atoms with E-state index in [0.29, 0.717) is 16.9 Å². The number of methoxy groups -OCH3 is 2. The second-order valence-electron chi connectivity index (χ2n) is 5.33. The van der Waals surface area contributed by atoms with Gasteiger partial charge >= 0.3 is 5.97 Å². The molecule has 7 nitrogen and oxygen atoms in total. The van der Waals surface area contributed by atoms with Crippen molar-refractivity contribution in [3.8, 4) is 5.69 Å². The van der Waals surface area contributed by atoms with E-state index >= 15 is 0 Å². The zero-order valence-electron chi connectivity index (χ0n) is 14.4. The molecule has 1 aromatic heterocycles. The Balaban J connectivity index is 2.27. The minimum absolute atomic E-state index is 0.181. The Hall–Kier alpha value is -2.74. The van der Waals surface area contributed by atoms with Crippen molar-refractivity contribution in [3.63, 3.8) is 0 Å². The number of carbonyl (C=O) groups is 2. The van der Waals surface area contributed by atoms with Crippen LogP contribution >= 0.6 is 0 Å². The zero-order chi connectivity index (χ0) is 18.4. The lowest BCUT2D eigenvalue weighted by Gasteiger charge is -2.20. The lowest BCUT2D eigenvalue weighted by Crippen LogP contribution is -2.38. The molecule has 0 radical (unpaired) electrons. The first kappa shape index (κ1) is 18.6. The minimum atomic E-state index is -0.520. The van der Waals surface area contributed by atoms with Gasteiger partial charge in [0.2, 0.25) is 0 Å². The highest BCUT2D eigenvalue weighted by Crippen LogP contribution is 2.16. The lowest BCUT2D eigenvalue weighted by molar-refractivity contribution is -0.141. The molecule has 0 spiro atoms. The quantitative estimate of drug-likeness (QED) is 0.710. The number of esters is 1. The fourth-order valence-corrected chi connectivity index (χ4v) is 2.31. The van der Waals surface area contributed by atoms with Crippen LogP contribution in [-0.4, -0.2) is 60.5 Å². The van der Waals surface area contributed by atoms with E-state index in [1.54, 1.807) is 23.7 Å². The zero-order valence-corrected chi connectivity index (χ0v) is 14.4. The summed E-state index contributed by atoms with van der Waals surface area (Å²) in [5, 5.41) is 4.20. The predicted molar refractivity (Wildman–Crippen MR) is 88.1 cm³/mol. The van der Waals surface area contributed by atoms with Crippen LogP contribution in [-0.2, 0) is 14.3 Å². The van der Waals surface area contributed by atoms with Crippen LogP contribution < -0.4 is 0 Å². The number of halogens is 1. The Morgan fingerprint density at radius 2 is 1.92 bits per heavy atom. The largest absolute Gasteiger partial charge is 0.468 e. The van der Waals surface area contributed by atoms with Gasteiger partial charge in [0.15, 0.2) is 0 Å². The van der Waals surface area contributed by atoms with Crippen molar-refractivity contribution in [2.45, 2.75) is 6.92 Å². The van der Waals surface area contributed by atoms with E-state index in [1.807, 2.05) is 0 Å². The molecule has 134 valence electrons. The first-order valence-electron chi connectivity index (χ1n) is 7.63. The van der Waals surface area contributed by atoms with Crippen LogP contribution in [0.2, 0.25) is 0 Å². The Labute approximate surface area is 144 Å². The maximum absolute atomic E-state index is 13.1. The highest BCUT2D eigenvalue weighted by atomic mass is 19.1. The third kappa shape index (κ3) is 4.42. The van der Waals surface area contributed by atoms with E-state index < -0.39 is 5.97 Å². The maximum Gasteiger partial charge on any atom is 0.325 e. The molecule has 1 heterocycles. The van der Waals surface area contributed by atoms with Gasteiger partial charge in [-0.15, -0.1) is 0 Å². The van der Waals surface area contributed by atoms with Crippen molar-refractivity contribution >= 4 is 11.9 Å². The molecule has 25 heavy (non-hydrogen) atoms. The molecule has 0 N–H and O–H groups in total. The van der Waals surface area contributed by atoms with Gasteiger partial charge in [-0.05, 0) is 31.2 Å². The maximum atomic E-state index is 13.1. The number of carbonyl (C=O) groups excluding carboxylic acids is 2. The van der Waals surface area contributed by atoms with Gasteiger partial charge in [-0.2, -0.15) is 5.10 Å². The SMILES string of the molecule is COCCN(CC(=O)OC)C(=O)c1cnn(-c2ccc(F)cc2)c1C. The summed E-state index contributed by atoms with van der Waals surface area (Å²) in [6, 6.07) is 5.78. The predicted octanol–water partition coefficient (Wildman–Crippen LogP) is 1.58. The molecule has 0 saturated heterocycles. The second kappa shape index (κ2) is 8.39. The average molecular weight is 349 g/mol. The number of nitrogens with zero attached hydrogens (tertiary/aromatic N) is 3. The first-order chi connectivity index (χ1) is 12.0. The summed E-state index contributed by atoms with van der Waals surface area (Å²) in [7, 11) is 2.78. The second-order valence-corrected chi connectivity index (χ2v) is 5.33. The van der Waals surface area contributed by atoms with E-state index in [2.05, 4.69) is 9.84 Å². The van der Waals surface area contributed by atoms with Crippen molar-refractivity contribution in [2.24, 2.45) is 0 Å². The van der Waals surface area contributed by atoms with E-state index in [9.17, 15) is 14.0 Å². The number of amides is 1. The number of benzene rings is 1. The molecule has 0 aliphatic rings. The van der Waals surface area contributed by atoms with E-state index in [0.717, 1.165) is 0 Å². The Morgan fingerprint density at radius 3 is 2.52 bits per heavy atom. The number of hydrogen-bond donors (Lipinski definition) is 0. The molecule has 1 aromatic carbocycles. The molecule has 0 aliphatic heterocycles. The molecule has 0 saturated carbocycles. The summed E-state index contributed by atoms with van der Waals surface area (Å²) < 4.78 is 24.2. The summed E-state index contributed by atoms with van der Waals surface area (Å²) in [5.41, 5.74) is 1.57. The molecule has 2 aromatic rings. The van der Waals surface area contributed by atoms with Crippen molar-refractivity contribution < 1.29 is 23.5 Å². The van der Waals surface area contributed by atoms with E-state index in [4.69, 9.17) is 4.74 Å². The highest BCUT2D eigenvalue weighted by molar-refractivity contribution is 5.96. The van der Waals surface area contributed by atoms with Crippen LogP contribution in [0.4, 0.5) is 4.39 Å². The van der Waals surface area contributed by atoms with Gasteiger partial charge in [-0.1, -0.05) is 0 Å². The van der Waals surface area contributed by atoms with Crippen molar-refractivity contribution in [3.05, 3.63) is 47.5 Å². The molecule has 0 atom stereocenters. The normalized spacial score (nSPS) is 10.6. The van der Waals surface area contributed by atoms with Crippen molar-refractivity contribution in [1.82, 2.24) is 14.7 Å². The van der Waals surface area contributed by atoms with Crippen LogP contribution in [0, 0.1) is 12.7 Å². The summed E-state index contributed by atoms with van der Waals surface area (Å²) in [4.78, 5) is 25.7. The Morgan fingerprint density at radius 1 is 1.24 bits per heavy atom. The van der Waals surface area contributed by atoms with Crippen LogP contribution in [0.15, 0.2) is 30.5 Å². The fourth-order valence-electron chi connectivity index (χ4n) is 2.31. The standard InChI is InChI=1S/C17H20FN3O4/c1-12-15(10-19-21(12)14-6-4-13(18)5-7-14)17(23)20(8-9-24-2)11-16(22)25-3/h4-7,10H,8-9,11H2,1-3H3. The Bertz CT molecular complexity index is 743. The highest BCUT2D eigenvalue weighted by Gasteiger charge is 2.23. The van der Waals surface area contributed by atoms with Crippen LogP contribution in [0.25, 0.3) is 5.69 Å². The lowest BCUT2D eigenvalue weighted by atomic mass is 10.2. The van der Waals surface area contributed by atoms with Crippen LogP contribution in [0.1, 0.15) is 16.1 Å². The molecule has 2 rings (SSSR count). The minimum Gasteiger partial charge on any atom is -0.468 e. The third-order valence-electron chi connectivity index (χ3n) is 3.71. The summed E-state index contributed by atoms with van der Waals surface area (Å²) in [6.45, 7) is 2.08. The monoisotopic (exact) mass is 349 g/mol. The molecule has 8 heteroatoms. The van der Waals surface area contributed by atoms with E-state index in [-0.39, 0.29) is 31.4 Å². The molecule has 0 unspecified atom stereocenters. The van der Waals surface area contributed by atoms with Crippen LogP contribution in [0.5, 0.6) is 0 Å². The van der Waals surface area contributed by atoms with Crippen molar-refractivity contribution in [2.75, 3.05) is 33.9 Å². The number of ether oxygens (including phenoxy) is 2. The van der Waals surface area contributed by atoms with Gasteiger partial charge in [0.1, 0.15) is 12.4 Å². The van der Waals surface area contributed by atoms with Gasteiger partial charge in [0.05, 0.1) is 36.9 Å². The van der Waals surface area contributed by atoms with Gasteiger partial charge in [0, 0.05) is 13.7 Å². The molecule has 0 bridgehead atoms. The summed E-state index contributed by atoms with van der Waals surface area (Å²) in [5.74, 6) is -1.23. The molecular formula is C17H20FN3O4. The third-order valence-corrected chi connectivity index (χ3v) is 3.71. The van der Waals surface area contributed by atoms with Crippen LogP contribution in [0.3, 0.4) is 0 Å². The van der Waals surface area contributed by atoms with E-state index in [1.165, 1.54) is 37.4 Å². The fraction of sp³-hybridized carbons (Fsp3) is 0.353. The number of aromatic nitrogens is 2. The van der Waals surface area contributed by atoms with Gasteiger partial charge in [-0.3, -0.25) is 9.59 Å². The summed E-state index contributed by atoms with van der Waals surface area (Å²) in [6.07, 6.45) is 1.43. The number of hydrogen-bond acceptors (Lipinski definition) is 5. The molecule has 0 aliphatic carbocycles. The average Bonchev–Trinajstić information content (AvgIpc) is 2.99. The molecule has 1 amide bonds. The molecular weight excluding hydrogens is 329 g/mol. The number of rotatable bonds is 7. The smallest absolute Gasteiger partial charge is 0.325 e. The van der Waals surface area contributed by atoms with Gasteiger partial charge < -0.3 is 14.4 Å². The van der Waals surface area contributed by atoms with Crippen molar-refractivity contribution in [1.29, 1.82) is 0 Å². The van der Waals surface area contributed by atoms with Gasteiger partial charge in [-0.25, -0.2) is 9.07 Å².